The van der Waals surface area contributed by atoms with Crippen molar-refractivity contribution in [3.63, 3.8) is 0 Å². The summed E-state index contributed by atoms with van der Waals surface area (Å²) >= 11 is 0. The summed E-state index contributed by atoms with van der Waals surface area (Å²) in [4.78, 5) is 14.7. The third-order valence-corrected chi connectivity index (χ3v) is 7.24. The molecule has 2 aromatic carbocycles. The number of rotatable bonds is 7. The van der Waals surface area contributed by atoms with Crippen molar-refractivity contribution in [1.82, 2.24) is 9.62 Å². The maximum absolute atomic E-state index is 13.0. The third-order valence-electron chi connectivity index (χ3n) is 6.51. The molecule has 2 fully saturated rings. The Morgan fingerprint density at radius 3 is 2.53 bits per heavy atom. The number of benzene rings is 2. The van der Waals surface area contributed by atoms with Crippen molar-refractivity contribution in [2.24, 2.45) is 5.41 Å². The summed E-state index contributed by atoms with van der Waals surface area (Å²) < 4.78 is 32.5. The topological polar surface area (TPSA) is 75.7 Å². The predicted molar refractivity (Wildman–Crippen MR) is 126 cm³/mol. The maximum atomic E-state index is 13.0. The van der Waals surface area contributed by atoms with Crippen molar-refractivity contribution in [3.8, 4) is 11.1 Å². The molecule has 1 aliphatic heterocycles. The molecule has 2 atom stereocenters. The minimum Gasteiger partial charge on any atom is -0.449 e. The van der Waals surface area contributed by atoms with Crippen LogP contribution < -0.4 is 4.72 Å². The summed E-state index contributed by atoms with van der Waals surface area (Å²) in [5, 5.41) is 0. The first kappa shape index (κ1) is 22.8. The number of carbonyl (C=O) groups is 1. The van der Waals surface area contributed by atoms with E-state index >= 15 is 0 Å². The van der Waals surface area contributed by atoms with Crippen molar-refractivity contribution in [1.29, 1.82) is 0 Å². The van der Waals surface area contributed by atoms with Crippen LogP contribution in [0.15, 0.2) is 54.6 Å². The van der Waals surface area contributed by atoms with Crippen LogP contribution in [0, 0.1) is 5.41 Å². The lowest BCUT2D eigenvalue weighted by molar-refractivity contribution is 0.0535. The molecule has 0 radical (unpaired) electrons. The Morgan fingerprint density at radius 2 is 1.84 bits per heavy atom. The molecule has 0 aromatic heterocycles. The molecule has 7 heteroatoms. The molecule has 2 aliphatic rings. The molecule has 1 amide bonds. The minimum atomic E-state index is -3.40. The zero-order valence-corrected chi connectivity index (χ0v) is 19.6. The second kappa shape index (κ2) is 9.24. The summed E-state index contributed by atoms with van der Waals surface area (Å²) in [5.74, 6) is 0. The number of nitrogens with zero attached hydrogens (tertiary/aromatic N) is 1. The highest BCUT2D eigenvalue weighted by Crippen LogP contribution is 2.45. The zero-order chi connectivity index (χ0) is 22.8. The van der Waals surface area contributed by atoms with Gasteiger partial charge in [-0.15, -0.1) is 0 Å². The second-order valence-corrected chi connectivity index (χ2v) is 11.3. The lowest BCUT2D eigenvalue weighted by Gasteiger charge is -2.41. The van der Waals surface area contributed by atoms with Gasteiger partial charge in [-0.3, -0.25) is 0 Å². The molecular weight excluding hydrogens is 424 g/mol. The van der Waals surface area contributed by atoms with E-state index < -0.39 is 10.0 Å². The quantitative estimate of drug-likeness (QED) is 0.677. The van der Waals surface area contributed by atoms with Gasteiger partial charge in [0.1, 0.15) is 0 Å². The van der Waals surface area contributed by atoms with E-state index in [1.807, 2.05) is 30.3 Å². The normalized spacial score (nSPS) is 22.4. The zero-order valence-electron chi connectivity index (χ0n) is 18.8. The summed E-state index contributed by atoms with van der Waals surface area (Å²) in [7, 11) is -3.40. The highest BCUT2D eigenvalue weighted by atomic mass is 32.2. The lowest BCUT2D eigenvalue weighted by Crippen LogP contribution is -2.58. The smallest absolute Gasteiger partial charge is 0.410 e. The Bertz CT molecular complexity index is 1050. The standard InChI is InChI=1S/C25H32N2O4S/c1-25(13-14-25)18-31-24(28)27-15-7-12-22(26-32(2,29)30)23(27)17-19-8-6-11-21(16-19)20-9-4-3-5-10-20/h3-6,8-11,16,22-23,26H,7,12-15,17-18H2,1-2H3/t22-,23-/m1/s1. The van der Waals surface area contributed by atoms with Crippen LogP contribution in [0.2, 0.25) is 0 Å². The van der Waals surface area contributed by atoms with Gasteiger partial charge in [0.15, 0.2) is 0 Å². The first-order valence-corrected chi connectivity index (χ1v) is 13.2. The molecule has 1 saturated heterocycles. The average Bonchev–Trinajstić information content (AvgIpc) is 3.50. The number of nitrogens with one attached hydrogen (secondary N) is 1. The number of piperidine rings is 1. The highest BCUT2D eigenvalue weighted by molar-refractivity contribution is 7.88. The number of hydrogen-bond acceptors (Lipinski definition) is 4. The van der Waals surface area contributed by atoms with Crippen LogP contribution in [0.3, 0.4) is 0 Å². The Hall–Kier alpha value is -2.38. The van der Waals surface area contributed by atoms with Crippen molar-refractivity contribution in [2.75, 3.05) is 19.4 Å². The van der Waals surface area contributed by atoms with Crippen LogP contribution in [0.5, 0.6) is 0 Å². The van der Waals surface area contributed by atoms with Crippen LogP contribution in [-0.2, 0) is 21.2 Å². The molecule has 1 saturated carbocycles. The number of amides is 1. The number of likely N-dealkylation sites (tertiary alicyclic amines) is 1. The van der Waals surface area contributed by atoms with E-state index in [1.165, 1.54) is 6.26 Å². The van der Waals surface area contributed by atoms with Crippen molar-refractivity contribution in [3.05, 3.63) is 60.2 Å². The van der Waals surface area contributed by atoms with Gasteiger partial charge in [-0.05, 0) is 48.8 Å². The molecule has 6 nitrogen and oxygen atoms in total. The van der Waals surface area contributed by atoms with Gasteiger partial charge in [0, 0.05) is 18.0 Å². The van der Waals surface area contributed by atoms with Crippen LogP contribution in [0.1, 0.15) is 38.2 Å². The van der Waals surface area contributed by atoms with Crippen LogP contribution in [0.4, 0.5) is 4.79 Å². The Labute approximate surface area is 191 Å². The molecule has 2 aromatic rings. The van der Waals surface area contributed by atoms with Crippen LogP contribution >= 0.6 is 0 Å². The number of ether oxygens (including phenoxy) is 1. The molecule has 1 aliphatic carbocycles. The summed E-state index contributed by atoms with van der Waals surface area (Å²) in [5.41, 5.74) is 3.39. The van der Waals surface area contributed by atoms with E-state index in [1.54, 1.807) is 4.90 Å². The molecule has 172 valence electrons. The fourth-order valence-corrected chi connectivity index (χ4v) is 5.20. The Balaban J connectivity index is 1.57. The van der Waals surface area contributed by atoms with Gasteiger partial charge in [0.25, 0.3) is 0 Å². The van der Waals surface area contributed by atoms with Crippen LogP contribution in [-0.4, -0.2) is 50.9 Å². The fourth-order valence-electron chi connectivity index (χ4n) is 4.38. The Morgan fingerprint density at radius 1 is 1.12 bits per heavy atom. The van der Waals surface area contributed by atoms with Gasteiger partial charge in [0.05, 0.1) is 18.9 Å². The van der Waals surface area contributed by atoms with Crippen molar-refractivity contribution >= 4 is 16.1 Å². The van der Waals surface area contributed by atoms with E-state index in [-0.39, 0.29) is 23.6 Å². The van der Waals surface area contributed by atoms with E-state index in [9.17, 15) is 13.2 Å². The van der Waals surface area contributed by atoms with Gasteiger partial charge in [-0.1, -0.05) is 61.5 Å². The molecule has 1 heterocycles. The molecule has 0 spiro atoms. The largest absolute Gasteiger partial charge is 0.449 e. The second-order valence-electron chi connectivity index (χ2n) is 9.54. The van der Waals surface area contributed by atoms with E-state index in [2.05, 4.69) is 35.9 Å². The van der Waals surface area contributed by atoms with Gasteiger partial charge >= 0.3 is 6.09 Å². The fraction of sp³-hybridized carbons (Fsp3) is 0.480. The first-order chi connectivity index (χ1) is 15.2. The molecular formula is C25H32N2O4S. The number of sulfonamides is 1. The van der Waals surface area contributed by atoms with E-state index in [0.717, 1.165) is 36.0 Å². The SMILES string of the molecule is CC1(COC(=O)N2CCC[C@@H](NS(C)(=O)=O)[C@H]2Cc2cccc(-c3ccccc3)c2)CC1. The first-order valence-electron chi connectivity index (χ1n) is 11.3. The van der Waals surface area contributed by atoms with Crippen molar-refractivity contribution in [2.45, 2.75) is 51.1 Å². The Kier molecular flexibility index (Phi) is 6.58. The minimum absolute atomic E-state index is 0.107. The van der Waals surface area contributed by atoms with Crippen LogP contribution in [0.25, 0.3) is 11.1 Å². The molecule has 4 rings (SSSR count). The van der Waals surface area contributed by atoms with Gasteiger partial charge in [-0.25, -0.2) is 17.9 Å². The average molecular weight is 457 g/mol. The van der Waals surface area contributed by atoms with Gasteiger partial charge in [0.2, 0.25) is 10.0 Å². The molecule has 0 bridgehead atoms. The molecule has 32 heavy (non-hydrogen) atoms. The van der Waals surface area contributed by atoms with Gasteiger partial charge in [-0.2, -0.15) is 0 Å². The third kappa shape index (κ3) is 5.90. The van der Waals surface area contributed by atoms with Crippen molar-refractivity contribution < 1.29 is 17.9 Å². The summed E-state index contributed by atoms with van der Waals surface area (Å²) in [6.07, 6.45) is 4.97. The summed E-state index contributed by atoms with van der Waals surface area (Å²) in [6.45, 7) is 3.11. The van der Waals surface area contributed by atoms with E-state index in [4.69, 9.17) is 4.74 Å². The predicted octanol–water partition coefficient (Wildman–Crippen LogP) is 4.22. The maximum Gasteiger partial charge on any atom is 0.410 e. The molecule has 0 unspecified atom stereocenters. The number of carbonyl (C=O) groups excluding carboxylic acids is 1. The number of hydrogen-bond donors (Lipinski definition) is 1. The molecule has 1 N–H and O–H groups in total. The highest BCUT2D eigenvalue weighted by Gasteiger charge is 2.41. The van der Waals surface area contributed by atoms with E-state index in [0.29, 0.717) is 26.0 Å². The lowest BCUT2D eigenvalue weighted by atomic mass is 9.90. The monoisotopic (exact) mass is 456 g/mol. The summed E-state index contributed by atoms with van der Waals surface area (Å²) in [6, 6.07) is 17.7. The van der Waals surface area contributed by atoms with Gasteiger partial charge < -0.3 is 9.64 Å².